The molecule has 1 unspecified atom stereocenters. The van der Waals surface area contributed by atoms with Gasteiger partial charge in [-0.25, -0.2) is 0 Å². The van der Waals surface area contributed by atoms with Crippen molar-refractivity contribution in [3.05, 3.63) is 36.5 Å². The third-order valence-corrected chi connectivity index (χ3v) is 2.94. The highest BCUT2D eigenvalue weighted by atomic mass is 16.5. The number of nitrogens with one attached hydrogen (secondary N) is 1. The van der Waals surface area contributed by atoms with Crippen molar-refractivity contribution in [3.8, 4) is 0 Å². The first kappa shape index (κ1) is 9.60. The summed E-state index contributed by atoms with van der Waals surface area (Å²) in [6.45, 7) is 1.66. The van der Waals surface area contributed by atoms with Crippen LogP contribution in [0.2, 0.25) is 0 Å². The molecule has 1 aromatic carbocycles. The summed E-state index contributed by atoms with van der Waals surface area (Å²) in [7, 11) is 0. The Hall–Kier alpha value is -1.61. The van der Waals surface area contributed by atoms with Gasteiger partial charge in [-0.05, 0) is 18.6 Å². The summed E-state index contributed by atoms with van der Waals surface area (Å²) in [5.41, 5.74) is 2.19. The van der Waals surface area contributed by atoms with Crippen LogP contribution in [0, 0.1) is 0 Å². The summed E-state index contributed by atoms with van der Waals surface area (Å²) in [5, 5.41) is 4.70. The maximum atomic E-state index is 5.36. The van der Waals surface area contributed by atoms with Crippen molar-refractivity contribution < 1.29 is 4.74 Å². The molecule has 0 saturated carbocycles. The van der Waals surface area contributed by atoms with Crippen LogP contribution in [-0.4, -0.2) is 24.2 Å². The van der Waals surface area contributed by atoms with Gasteiger partial charge in [0.15, 0.2) is 0 Å². The smallest absolute Gasteiger partial charge is 0.0722 e. The van der Waals surface area contributed by atoms with Gasteiger partial charge in [0.25, 0.3) is 0 Å². The highest BCUT2D eigenvalue weighted by Gasteiger charge is 2.15. The van der Waals surface area contributed by atoms with Crippen molar-refractivity contribution in [2.45, 2.75) is 12.5 Å². The van der Waals surface area contributed by atoms with E-state index >= 15 is 0 Å². The topological polar surface area (TPSA) is 34.1 Å². The molecule has 1 aromatic heterocycles. The SMILES string of the molecule is c1ccc2c(NC3CCOC3)ccnc2c1. The van der Waals surface area contributed by atoms with Crippen LogP contribution in [-0.2, 0) is 4.74 Å². The summed E-state index contributed by atoms with van der Waals surface area (Å²) in [4.78, 5) is 4.35. The van der Waals surface area contributed by atoms with Crippen molar-refractivity contribution in [2.24, 2.45) is 0 Å². The third-order valence-electron chi connectivity index (χ3n) is 2.94. The highest BCUT2D eigenvalue weighted by Crippen LogP contribution is 2.23. The molecular formula is C13H14N2O. The molecule has 1 aliphatic rings. The minimum Gasteiger partial charge on any atom is -0.379 e. The number of nitrogens with zero attached hydrogens (tertiary/aromatic N) is 1. The van der Waals surface area contributed by atoms with E-state index in [1.54, 1.807) is 0 Å². The zero-order chi connectivity index (χ0) is 10.8. The van der Waals surface area contributed by atoms with E-state index in [4.69, 9.17) is 4.74 Å². The molecular weight excluding hydrogens is 200 g/mol. The molecule has 16 heavy (non-hydrogen) atoms. The first-order valence-corrected chi connectivity index (χ1v) is 5.61. The molecule has 1 N–H and O–H groups in total. The lowest BCUT2D eigenvalue weighted by molar-refractivity contribution is 0.195. The Morgan fingerprint density at radius 2 is 2.19 bits per heavy atom. The summed E-state index contributed by atoms with van der Waals surface area (Å²) < 4.78 is 5.36. The zero-order valence-corrected chi connectivity index (χ0v) is 9.02. The molecule has 0 amide bonds. The van der Waals surface area contributed by atoms with Gasteiger partial charge >= 0.3 is 0 Å². The van der Waals surface area contributed by atoms with Gasteiger partial charge in [-0.3, -0.25) is 4.98 Å². The highest BCUT2D eigenvalue weighted by molar-refractivity contribution is 5.90. The average molecular weight is 214 g/mol. The quantitative estimate of drug-likeness (QED) is 0.833. The number of hydrogen-bond acceptors (Lipinski definition) is 3. The van der Waals surface area contributed by atoms with Gasteiger partial charge in [0.2, 0.25) is 0 Å². The maximum Gasteiger partial charge on any atom is 0.0722 e. The largest absolute Gasteiger partial charge is 0.379 e. The standard InChI is InChI=1S/C13H14N2O/c1-2-4-12-11(3-1)13(5-7-14-12)15-10-6-8-16-9-10/h1-5,7,10H,6,8-9H2,(H,14,15). The Kier molecular flexibility index (Phi) is 2.46. The lowest BCUT2D eigenvalue weighted by Gasteiger charge is -2.13. The van der Waals surface area contributed by atoms with Crippen molar-refractivity contribution in [3.63, 3.8) is 0 Å². The Morgan fingerprint density at radius 3 is 3.06 bits per heavy atom. The summed E-state index contributed by atoms with van der Waals surface area (Å²) in [5.74, 6) is 0. The fourth-order valence-electron chi connectivity index (χ4n) is 2.09. The van der Waals surface area contributed by atoms with Crippen LogP contribution < -0.4 is 5.32 Å². The molecule has 0 radical (unpaired) electrons. The fraction of sp³-hybridized carbons (Fsp3) is 0.308. The number of rotatable bonds is 2. The molecule has 0 aliphatic carbocycles. The second-order valence-electron chi connectivity index (χ2n) is 4.08. The van der Waals surface area contributed by atoms with Crippen molar-refractivity contribution in [1.82, 2.24) is 4.98 Å². The summed E-state index contributed by atoms with van der Waals surface area (Å²) >= 11 is 0. The lowest BCUT2D eigenvalue weighted by Crippen LogP contribution is -2.19. The lowest BCUT2D eigenvalue weighted by atomic mass is 10.1. The van der Waals surface area contributed by atoms with E-state index in [1.165, 1.54) is 5.39 Å². The second kappa shape index (κ2) is 4.10. The maximum absolute atomic E-state index is 5.36. The van der Waals surface area contributed by atoms with Crippen molar-refractivity contribution >= 4 is 16.6 Å². The van der Waals surface area contributed by atoms with Crippen LogP contribution >= 0.6 is 0 Å². The van der Waals surface area contributed by atoms with Gasteiger partial charge in [0.1, 0.15) is 0 Å². The van der Waals surface area contributed by atoms with Crippen molar-refractivity contribution in [1.29, 1.82) is 0 Å². The molecule has 0 bridgehead atoms. The fourth-order valence-corrected chi connectivity index (χ4v) is 2.09. The van der Waals surface area contributed by atoms with Crippen LogP contribution in [0.1, 0.15) is 6.42 Å². The van der Waals surface area contributed by atoms with Gasteiger partial charge < -0.3 is 10.1 Å². The molecule has 2 aromatic rings. The van der Waals surface area contributed by atoms with Crippen LogP contribution in [0.5, 0.6) is 0 Å². The van der Waals surface area contributed by atoms with E-state index in [0.717, 1.165) is 30.8 Å². The number of aromatic nitrogens is 1. The van der Waals surface area contributed by atoms with Crippen LogP contribution in [0.3, 0.4) is 0 Å². The first-order chi connectivity index (χ1) is 7.93. The molecule has 0 spiro atoms. The van der Waals surface area contributed by atoms with Gasteiger partial charge in [-0.15, -0.1) is 0 Å². The van der Waals surface area contributed by atoms with E-state index in [9.17, 15) is 0 Å². The molecule has 1 aliphatic heterocycles. The third kappa shape index (κ3) is 1.74. The van der Waals surface area contributed by atoms with Crippen LogP contribution in [0.4, 0.5) is 5.69 Å². The van der Waals surface area contributed by atoms with E-state index in [0.29, 0.717) is 6.04 Å². The molecule has 2 heterocycles. The number of hydrogen-bond donors (Lipinski definition) is 1. The summed E-state index contributed by atoms with van der Waals surface area (Å²) in [6.07, 6.45) is 2.93. The number of pyridine rings is 1. The predicted octanol–water partition coefficient (Wildman–Crippen LogP) is 2.44. The average Bonchev–Trinajstić information content (AvgIpc) is 2.82. The monoisotopic (exact) mass is 214 g/mol. The summed E-state index contributed by atoms with van der Waals surface area (Å²) in [6, 6.07) is 10.6. The Bertz CT molecular complexity index is 487. The number of benzene rings is 1. The minimum absolute atomic E-state index is 0.436. The van der Waals surface area contributed by atoms with Crippen LogP contribution in [0.25, 0.3) is 10.9 Å². The number of para-hydroxylation sites is 1. The Morgan fingerprint density at radius 1 is 1.25 bits per heavy atom. The second-order valence-corrected chi connectivity index (χ2v) is 4.08. The van der Waals surface area contributed by atoms with E-state index < -0.39 is 0 Å². The molecule has 3 heteroatoms. The van der Waals surface area contributed by atoms with Gasteiger partial charge in [-0.2, -0.15) is 0 Å². The normalized spacial score (nSPS) is 20.1. The first-order valence-electron chi connectivity index (χ1n) is 5.61. The molecule has 82 valence electrons. The molecule has 3 nitrogen and oxygen atoms in total. The van der Waals surface area contributed by atoms with E-state index in [-0.39, 0.29) is 0 Å². The van der Waals surface area contributed by atoms with Crippen molar-refractivity contribution in [2.75, 3.05) is 18.5 Å². The van der Waals surface area contributed by atoms with Crippen LogP contribution in [0.15, 0.2) is 36.5 Å². The molecule has 1 saturated heterocycles. The number of ether oxygens (including phenoxy) is 1. The molecule has 3 rings (SSSR count). The Labute approximate surface area is 94.5 Å². The Balaban J connectivity index is 1.96. The zero-order valence-electron chi connectivity index (χ0n) is 9.02. The number of anilines is 1. The van der Waals surface area contributed by atoms with Gasteiger partial charge in [0.05, 0.1) is 18.2 Å². The van der Waals surface area contributed by atoms with Gasteiger partial charge in [0, 0.05) is 23.9 Å². The molecule has 1 atom stereocenters. The minimum atomic E-state index is 0.436. The predicted molar refractivity (Wildman–Crippen MR) is 64.6 cm³/mol. The molecule has 1 fully saturated rings. The van der Waals surface area contributed by atoms with E-state index in [1.807, 2.05) is 30.5 Å². The van der Waals surface area contributed by atoms with Gasteiger partial charge in [-0.1, -0.05) is 18.2 Å². The number of fused-ring (bicyclic) bond motifs is 1. The van der Waals surface area contributed by atoms with E-state index in [2.05, 4.69) is 16.4 Å².